The van der Waals surface area contributed by atoms with E-state index in [9.17, 15) is 9.59 Å². The molecule has 0 aliphatic rings. The van der Waals surface area contributed by atoms with E-state index in [1.54, 1.807) is 48.5 Å². The molecule has 22 heavy (non-hydrogen) atoms. The van der Waals surface area contributed by atoms with Crippen LogP contribution in [0.2, 0.25) is 0 Å². The lowest BCUT2D eigenvalue weighted by atomic mass is 10.1. The van der Waals surface area contributed by atoms with Gasteiger partial charge in [0, 0.05) is 11.4 Å². The fraction of sp³-hybridized carbons (Fsp3) is 0.0625. The lowest BCUT2D eigenvalue weighted by Crippen LogP contribution is -2.16. The van der Waals surface area contributed by atoms with Crippen LogP contribution in [0.15, 0.2) is 57.7 Å². The minimum absolute atomic E-state index is 0.141. The average Bonchev–Trinajstić information content (AvgIpc) is 2.55. The van der Waals surface area contributed by atoms with Gasteiger partial charge in [-0.2, -0.15) is 4.98 Å². The second kappa shape index (κ2) is 5.99. The molecule has 1 heterocycles. The van der Waals surface area contributed by atoms with Gasteiger partial charge in [0.25, 0.3) is 5.91 Å². The maximum absolute atomic E-state index is 12.3. The molecule has 0 aliphatic heterocycles. The molecule has 0 aliphatic carbocycles. The highest BCUT2D eigenvalue weighted by Crippen LogP contribution is 2.15. The number of rotatable bonds is 3. The molecule has 110 valence electrons. The predicted octanol–water partition coefficient (Wildman–Crippen LogP) is 3.18. The van der Waals surface area contributed by atoms with Crippen LogP contribution in [0.1, 0.15) is 15.9 Å². The molecule has 1 N–H and O–H groups in total. The van der Waals surface area contributed by atoms with Gasteiger partial charge in [-0.3, -0.25) is 10.1 Å². The Morgan fingerprint density at radius 2 is 1.86 bits per heavy atom. The van der Waals surface area contributed by atoms with Crippen molar-refractivity contribution in [1.82, 2.24) is 4.98 Å². The van der Waals surface area contributed by atoms with E-state index in [0.717, 1.165) is 0 Å². The summed E-state index contributed by atoms with van der Waals surface area (Å²) in [4.78, 5) is 28.3. The second-order valence-corrected chi connectivity index (χ2v) is 4.84. The standard InChI is InChI=1S/C16H11ClN2O3/c17-9-10-5-1-2-6-11(10)14(20)19-16-18-13-8-4-3-7-12(13)15(21)22-16/h1-8H,9H2,(H,18,19,20). The zero-order chi connectivity index (χ0) is 15.5. The number of amides is 1. The predicted molar refractivity (Wildman–Crippen MR) is 84.2 cm³/mol. The molecule has 1 aromatic heterocycles. The van der Waals surface area contributed by atoms with Gasteiger partial charge in [-0.15, -0.1) is 11.6 Å². The average molecular weight is 315 g/mol. The van der Waals surface area contributed by atoms with Crippen LogP contribution in [0.25, 0.3) is 10.9 Å². The normalized spacial score (nSPS) is 10.6. The van der Waals surface area contributed by atoms with Gasteiger partial charge in [0.15, 0.2) is 0 Å². The molecular weight excluding hydrogens is 304 g/mol. The molecule has 0 unspecified atom stereocenters. The van der Waals surface area contributed by atoms with Crippen LogP contribution in [-0.4, -0.2) is 10.9 Å². The minimum atomic E-state index is -0.550. The summed E-state index contributed by atoms with van der Waals surface area (Å²) in [7, 11) is 0. The Balaban J connectivity index is 1.96. The number of nitrogens with zero attached hydrogens (tertiary/aromatic N) is 1. The first-order valence-corrected chi connectivity index (χ1v) is 7.07. The van der Waals surface area contributed by atoms with Crippen molar-refractivity contribution in [2.75, 3.05) is 5.32 Å². The molecule has 1 amide bonds. The van der Waals surface area contributed by atoms with Gasteiger partial charge in [-0.25, -0.2) is 4.79 Å². The quantitative estimate of drug-likeness (QED) is 0.754. The Labute approximate surface area is 130 Å². The van der Waals surface area contributed by atoms with Gasteiger partial charge >= 0.3 is 11.6 Å². The first-order chi connectivity index (χ1) is 10.7. The van der Waals surface area contributed by atoms with E-state index < -0.39 is 11.5 Å². The number of benzene rings is 2. The minimum Gasteiger partial charge on any atom is -0.388 e. The van der Waals surface area contributed by atoms with Crippen LogP contribution in [0.4, 0.5) is 6.01 Å². The zero-order valence-corrected chi connectivity index (χ0v) is 12.1. The molecule has 0 spiro atoms. The number of aromatic nitrogens is 1. The SMILES string of the molecule is O=C(Nc1nc2ccccc2c(=O)o1)c1ccccc1CCl. The van der Waals surface area contributed by atoms with Gasteiger partial charge in [0.05, 0.1) is 10.9 Å². The Morgan fingerprint density at radius 3 is 2.68 bits per heavy atom. The first-order valence-electron chi connectivity index (χ1n) is 6.54. The third kappa shape index (κ3) is 2.71. The first kappa shape index (κ1) is 14.3. The number of hydrogen-bond donors (Lipinski definition) is 1. The van der Waals surface area contributed by atoms with E-state index in [1.807, 2.05) is 0 Å². The Kier molecular flexibility index (Phi) is 3.89. The summed E-state index contributed by atoms with van der Waals surface area (Å²) in [6, 6.07) is 13.5. The monoisotopic (exact) mass is 314 g/mol. The van der Waals surface area contributed by atoms with Crippen molar-refractivity contribution in [1.29, 1.82) is 0 Å². The van der Waals surface area contributed by atoms with Crippen LogP contribution < -0.4 is 10.9 Å². The molecule has 0 radical (unpaired) electrons. The number of carbonyl (C=O) groups is 1. The van der Waals surface area contributed by atoms with Crippen molar-refractivity contribution in [3.8, 4) is 0 Å². The van der Waals surface area contributed by atoms with E-state index in [-0.39, 0.29) is 11.9 Å². The lowest BCUT2D eigenvalue weighted by Gasteiger charge is -2.07. The molecule has 0 fully saturated rings. The van der Waals surface area contributed by atoms with Crippen molar-refractivity contribution in [2.24, 2.45) is 0 Å². The third-order valence-electron chi connectivity index (χ3n) is 3.16. The molecule has 0 atom stereocenters. The summed E-state index contributed by atoms with van der Waals surface area (Å²) in [6.07, 6.45) is 0. The van der Waals surface area contributed by atoms with Gasteiger partial charge < -0.3 is 4.42 Å². The third-order valence-corrected chi connectivity index (χ3v) is 3.45. The Hall–Kier alpha value is -2.66. The molecule has 3 rings (SSSR count). The van der Waals surface area contributed by atoms with E-state index in [4.69, 9.17) is 16.0 Å². The fourth-order valence-electron chi connectivity index (χ4n) is 2.10. The molecule has 0 saturated heterocycles. The fourth-order valence-corrected chi connectivity index (χ4v) is 2.33. The highest BCUT2D eigenvalue weighted by atomic mass is 35.5. The van der Waals surface area contributed by atoms with Crippen molar-refractivity contribution in [3.63, 3.8) is 0 Å². The molecule has 6 heteroatoms. The van der Waals surface area contributed by atoms with Gasteiger partial charge in [0.1, 0.15) is 0 Å². The van der Waals surface area contributed by atoms with Crippen LogP contribution in [0.3, 0.4) is 0 Å². The second-order valence-electron chi connectivity index (χ2n) is 4.57. The molecular formula is C16H11ClN2O3. The molecule has 3 aromatic rings. The van der Waals surface area contributed by atoms with Crippen molar-refractivity contribution >= 4 is 34.4 Å². The van der Waals surface area contributed by atoms with E-state index in [1.165, 1.54) is 0 Å². The molecule has 0 saturated carbocycles. The van der Waals surface area contributed by atoms with Gasteiger partial charge in [-0.1, -0.05) is 30.3 Å². The number of fused-ring (bicyclic) bond motifs is 1. The van der Waals surface area contributed by atoms with Crippen molar-refractivity contribution < 1.29 is 9.21 Å². The maximum Gasteiger partial charge on any atom is 0.348 e. The van der Waals surface area contributed by atoms with Crippen LogP contribution in [0, 0.1) is 0 Å². The molecule has 0 bridgehead atoms. The molecule has 2 aromatic carbocycles. The van der Waals surface area contributed by atoms with E-state index >= 15 is 0 Å². The number of halogens is 1. The Bertz CT molecular complexity index is 905. The molecule has 5 nitrogen and oxygen atoms in total. The number of nitrogens with one attached hydrogen (secondary N) is 1. The Morgan fingerprint density at radius 1 is 1.14 bits per heavy atom. The number of para-hydroxylation sites is 1. The number of carbonyl (C=O) groups excluding carboxylic acids is 1. The maximum atomic E-state index is 12.3. The van der Waals surface area contributed by atoms with Crippen LogP contribution >= 0.6 is 11.6 Å². The van der Waals surface area contributed by atoms with Crippen molar-refractivity contribution in [3.05, 3.63) is 70.1 Å². The van der Waals surface area contributed by atoms with Crippen LogP contribution in [-0.2, 0) is 5.88 Å². The summed E-state index contributed by atoms with van der Waals surface area (Å²) < 4.78 is 5.02. The number of anilines is 1. The van der Waals surface area contributed by atoms with Gasteiger partial charge in [-0.05, 0) is 23.8 Å². The largest absolute Gasteiger partial charge is 0.388 e. The summed E-state index contributed by atoms with van der Waals surface area (Å²) in [6.45, 7) is 0. The van der Waals surface area contributed by atoms with E-state index in [2.05, 4.69) is 10.3 Å². The lowest BCUT2D eigenvalue weighted by molar-refractivity contribution is 0.102. The van der Waals surface area contributed by atoms with Gasteiger partial charge in [0.2, 0.25) is 0 Å². The van der Waals surface area contributed by atoms with E-state index in [0.29, 0.717) is 22.0 Å². The smallest absolute Gasteiger partial charge is 0.348 e. The highest BCUT2D eigenvalue weighted by molar-refractivity contribution is 6.18. The number of alkyl halides is 1. The summed E-state index contributed by atoms with van der Waals surface area (Å²) >= 11 is 5.81. The number of hydrogen-bond acceptors (Lipinski definition) is 4. The summed E-state index contributed by atoms with van der Waals surface area (Å²) in [5, 5.41) is 2.85. The summed E-state index contributed by atoms with van der Waals surface area (Å²) in [5.41, 5.74) is 1.01. The van der Waals surface area contributed by atoms with Crippen LogP contribution in [0.5, 0.6) is 0 Å². The summed E-state index contributed by atoms with van der Waals surface area (Å²) in [5.74, 6) is -0.222. The van der Waals surface area contributed by atoms with Crippen molar-refractivity contribution in [2.45, 2.75) is 5.88 Å². The highest BCUT2D eigenvalue weighted by Gasteiger charge is 2.13. The zero-order valence-electron chi connectivity index (χ0n) is 11.4. The topological polar surface area (TPSA) is 72.2 Å².